The fraction of sp³-hybridized carbons (Fsp3) is 0.400. The summed E-state index contributed by atoms with van der Waals surface area (Å²) >= 11 is 1.16. The maximum atomic E-state index is 12.8. The lowest BCUT2D eigenvalue weighted by Crippen LogP contribution is -2.42. The Balaban J connectivity index is 2.01. The third kappa shape index (κ3) is 2.51. The summed E-state index contributed by atoms with van der Waals surface area (Å²) in [5.74, 6) is 0.722. The molecule has 0 saturated carbocycles. The summed E-state index contributed by atoms with van der Waals surface area (Å²) in [4.78, 5) is 15.2. The van der Waals surface area contributed by atoms with Crippen LogP contribution in [0.3, 0.4) is 0 Å². The zero-order chi connectivity index (χ0) is 15.0. The van der Waals surface area contributed by atoms with Gasteiger partial charge in [-0.25, -0.2) is 0 Å². The first-order chi connectivity index (χ1) is 10.1. The van der Waals surface area contributed by atoms with E-state index in [0.29, 0.717) is 17.8 Å². The molecule has 1 aliphatic rings. The van der Waals surface area contributed by atoms with Crippen molar-refractivity contribution in [2.24, 2.45) is 0 Å². The Morgan fingerprint density at radius 3 is 3.10 bits per heavy atom. The van der Waals surface area contributed by atoms with Gasteiger partial charge in [-0.3, -0.25) is 4.79 Å². The van der Waals surface area contributed by atoms with Gasteiger partial charge < -0.3 is 9.64 Å². The van der Waals surface area contributed by atoms with E-state index in [4.69, 9.17) is 4.74 Å². The van der Waals surface area contributed by atoms with E-state index in [1.54, 1.807) is 4.90 Å². The Morgan fingerprint density at radius 1 is 1.52 bits per heavy atom. The van der Waals surface area contributed by atoms with Gasteiger partial charge in [0.2, 0.25) is 0 Å². The van der Waals surface area contributed by atoms with E-state index in [0.717, 1.165) is 34.2 Å². The average molecular weight is 303 g/mol. The first-order valence-electron chi connectivity index (χ1n) is 7.00. The highest BCUT2D eigenvalue weighted by molar-refractivity contribution is 7.08. The van der Waals surface area contributed by atoms with E-state index >= 15 is 0 Å². The van der Waals surface area contributed by atoms with Gasteiger partial charge in [0, 0.05) is 0 Å². The molecule has 1 aromatic heterocycles. The molecule has 21 heavy (non-hydrogen) atoms. The van der Waals surface area contributed by atoms with Gasteiger partial charge in [-0.1, -0.05) is 17.5 Å². The molecule has 0 fully saturated rings. The lowest BCUT2D eigenvalue weighted by Gasteiger charge is -2.33. The molecule has 6 heteroatoms. The third-order valence-corrected chi connectivity index (χ3v) is 4.26. The summed E-state index contributed by atoms with van der Waals surface area (Å²) in [5.41, 5.74) is 2.70. The quantitative estimate of drug-likeness (QED) is 0.856. The number of carbonyl (C=O) groups excluding carboxylic acids is 1. The largest absolute Gasteiger partial charge is 0.487 e. The summed E-state index contributed by atoms with van der Waals surface area (Å²) in [5, 5.41) is 4.03. The summed E-state index contributed by atoms with van der Waals surface area (Å²) in [7, 11) is 0. The van der Waals surface area contributed by atoms with Crippen LogP contribution in [0.15, 0.2) is 18.2 Å². The number of nitrogens with zero attached hydrogens (tertiary/aromatic N) is 3. The third-order valence-electron chi connectivity index (χ3n) is 3.50. The van der Waals surface area contributed by atoms with Crippen molar-refractivity contribution in [2.75, 3.05) is 11.4 Å². The van der Waals surface area contributed by atoms with Crippen LogP contribution in [0, 0.1) is 6.92 Å². The van der Waals surface area contributed by atoms with Gasteiger partial charge in [-0.05, 0) is 49.5 Å². The Morgan fingerprint density at radius 2 is 2.33 bits per heavy atom. The maximum Gasteiger partial charge on any atom is 0.272 e. The van der Waals surface area contributed by atoms with Gasteiger partial charge >= 0.3 is 0 Å². The van der Waals surface area contributed by atoms with Crippen LogP contribution in [0.2, 0.25) is 0 Å². The topological polar surface area (TPSA) is 55.3 Å². The minimum absolute atomic E-state index is 0.0331. The summed E-state index contributed by atoms with van der Waals surface area (Å²) < 4.78 is 9.76. The second-order valence-electron chi connectivity index (χ2n) is 5.22. The molecule has 2 heterocycles. The van der Waals surface area contributed by atoms with Crippen LogP contribution in [0.4, 0.5) is 5.69 Å². The molecule has 110 valence electrons. The fourth-order valence-electron chi connectivity index (χ4n) is 2.47. The highest BCUT2D eigenvalue weighted by Crippen LogP contribution is 2.35. The molecule has 0 aliphatic carbocycles. The Bertz CT molecular complexity index is 683. The van der Waals surface area contributed by atoms with Crippen LogP contribution in [-0.2, 0) is 6.42 Å². The average Bonchev–Trinajstić information content (AvgIpc) is 2.93. The molecule has 1 atom stereocenters. The summed E-state index contributed by atoms with van der Waals surface area (Å²) in [6.45, 7) is 6.50. The van der Waals surface area contributed by atoms with E-state index in [1.807, 2.05) is 39.0 Å². The van der Waals surface area contributed by atoms with Crippen LogP contribution < -0.4 is 9.64 Å². The van der Waals surface area contributed by atoms with E-state index in [-0.39, 0.29) is 12.0 Å². The molecular formula is C15H17N3O2S. The van der Waals surface area contributed by atoms with Crippen molar-refractivity contribution < 1.29 is 9.53 Å². The zero-order valence-corrected chi connectivity index (χ0v) is 13.1. The van der Waals surface area contributed by atoms with Gasteiger partial charge in [0.05, 0.1) is 17.9 Å². The number of amides is 1. The second-order valence-corrected chi connectivity index (χ2v) is 5.97. The maximum absolute atomic E-state index is 12.8. The predicted octanol–water partition coefficient (Wildman–Crippen LogP) is 2.84. The van der Waals surface area contributed by atoms with E-state index in [9.17, 15) is 4.79 Å². The number of hydrogen-bond donors (Lipinski definition) is 0. The minimum atomic E-state index is -0.0397. The molecule has 3 rings (SSSR count). The molecule has 1 amide bonds. The Kier molecular flexibility index (Phi) is 3.63. The van der Waals surface area contributed by atoms with Crippen molar-refractivity contribution >= 4 is 23.1 Å². The smallest absolute Gasteiger partial charge is 0.272 e. The van der Waals surface area contributed by atoms with Gasteiger partial charge in [-0.15, -0.1) is 5.10 Å². The van der Waals surface area contributed by atoms with E-state index < -0.39 is 0 Å². The van der Waals surface area contributed by atoms with E-state index in [1.165, 1.54) is 0 Å². The number of anilines is 1. The normalized spacial score (nSPS) is 17.3. The number of fused-ring (bicyclic) bond motifs is 1. The molecular weight excluding hydrogens is 286 g/mol. The Hall–Kier alpha value is -1.95. The molecule has 0 unspecified atom stereocenters. The zero-order valence-electron chi connectivity index (χ0n) is 12.3. The van der Waals surface area contributed by atoms with Crippen LogP contribution in [0.25, 0.3) is 0 Å². The monoisotopic (exact) mass is 303 g/mol. The van der Waals surface area contributed by atoms with Gasteiger partial charge in [0.25, 0.3) is 5.91 Å². The molecule has 2 aromatic rings. The Labute approximate surface area is 127 Å². The first-order valence-corrected chi connectivity index (χ1v) is 7.78. The van der Waals surface area contributed by atoms with Crippen molar-refractivity contribution in [1.82, 2.24) is 9.59 Å². The minimum Gasteiger partial charge on any atom is -0.487 e. The molecule has 0 radical (unpaired) electrons. The molecule has 1 aromatic carbocycles. The predicted molar refractivity (Wildman–Crippen MR) is 82.2 cm³/mol. The molecule has 0 spiro atoms. The number of benzene rings is 1. The number of hydrogen-bond acceptors (Lipinski definition) is 5. The van der Waals surface area contributed by atoms with Crippen molar-refractivity contribution in [3.8, 4) is 5.75 Å². The number of aryl methyl sites for hydroxylation is 2. The molecule has 0 bridgehead atoms. The molecule has 0 saturated heterocycles. The molecule has 5 nitrogen and oxygen atoms in total. The van der Waals surface area contributed by atoms with Gasteiger partial charge in [0.1, 0.15) is 16.7 Å². The van der Waals surface area contributed by atoms with Crippen LogP contribution in [0.1, 0.15) is 34.8 Å². The number of ether oxygens (including phenoxy) is 1. The second kappa shape index (κ2) is 5.44. The van der Waals surface area contributed by atoms with Crippen LogP contribution in [0.5, 0.6) is 5.75 Å². The van der Waals surface area contributed by atoms with Crippen molar-refractivity contribution in [2.45, 2.75) is 33.3 Å². The van der Waals surface area contributed by atoms with Crippen molar-refractivity contribution in [3.63, 3.8) is 0 Å². The van der Waals surface area contributed by atoms with Crippen molar-refractivity contribution in [3.05, 3.63) is 34.3 Å². The molecule has 1 aliphatic heterocycles. The highest BCUT2D eigenvalue weighted by Gasteiger charge is 2.30. The van der Waals surface area contributed by atoms with Crippen LogP contribution >= 0.6 is 11.5 Å². The highest BCUT2D eigenvalue weighted by atomic mass is 32.1. The lowest BCUT2D eigenvalue weighted by atomic mass is 10.1. The number of aromatic nitrogens is 2. The van der Waals surface area contributed by atoms with E-state index in [2.05, 4.69) is 9.59 Å². The van der Waals surface area contributed by atoms with Crippen LogP contribution in [-0.4, -0.2) is 28.1 Å². The number of rotatable bonds is 2. The molecule has 0 N–H and O–H groups in total. The standard InChI is InChI=1S/C15H17N3O2S/c1-4-11-14(21-17-16-11)15(19)18-8-10(3)20-13-7-9(2)5-6-12(13)18/h5-7,10H,4,8H2,1-3H3/t10-/m1/s1. The lowest BCUT2D eigenvalue weighted by molar-refractivity contribution is 0.0964. The van der Waals surface area contributed by atoms with Crippen molar-refractivity contribution in [1.29, 1.82) is 0 Å². The SMILES string of the molecule is CCc1nnsc1C(=O)N1C[C@@H](C)Oc2cc(C)ccc21. The van der Waals surface area contributed by atoms with Gasteiger partial charge in [0.15, 0.2) is 0 Å². The summed E-state index contributed by atoms with van der Waals surface area (Å²) in [6.07, 6.45) is 0.673. The first kappa shape index (κ1) is 14.0. The summed E-state index contributed by atoms with van der Waals surface area (Å²) in [6, 6.07) is 5.90. The van der Waals surface area contributed by atoms with Gasteiger partial charge in [-0.2, -0.15) is 0 Å². The number of carbonyl (C=O) groups is 1. The fourth-order valence-corrected chi connectivity index (χ4v) is 3.17.